The maximum absolute atomic E-state index is 4.50. The molecule has 0 atom stereocenters. The molecule has 1 aliphatic heterocycles. The van der Waals surface area contributed by atoms with Crippen molar-refractivity contribution in [2.24, 2.45) is 0 Å². The first-order valence-electron chi connectivity index (χ1n) is 8.42. The predicted molar refractivity (Wildman–Crippen MR) is 97.6 cm³/mol. The van der Waals surface area contributed by atoms with Crippen LogP contribution in [0.25, 0.3) is 0 Å². The first-order valence-corrected chi connectivity index (χ1v) is 8.42. The van der Waals surface area contributed by atoms with Crippen molar-refractivity contribution in [3.63, 3.8) is 0 Å². The van der Waals surface area contributed by atoms with Crippen LogP contribution in [-0.4, -0.2) is 60.1 Å². The molecule has 3 heterocycles. The van der Waals surface area contributed by atoms with E-state index < -0.39 is 0 Å². The molecule has 6 nitrogen and oxygen atoms in total. The van der Waals surface area contributed by atoms with E-state index >= 15 is 0 Å². The zero-order chi connectivity index (χ0) is 17.1. The predicted octanol–water partition coefficient (Wildman–Crippen LogP) is 1.88. The molecule has 6 heteroatoms. The monoisotopic (exact) mass is 326 g/mol. The van der Waals surface area contributed by atoms with Gasteiger partial charge < -0.3 is 9.80 Å². The number of aryl methyl sites for hydroxylation is 1. The highest BCUT2D eigenvalue weighted by atomic mass is 15.3. The van der Waals surface area contributed by atoms with Crippen LogP contribution in [0.3, 0.4) is 0 Å². The smallest absolute Gasteiger partial charge is 0.135 e. The molecule has 128 valence electrons. The number of anilines is 2. The van der Waals surface area contributed by atoms with Gasteiger partial charge in [0.2, 0.25) is 0 Å². The third-order valence-electron chi connectivity index (χ3n) is 4.65. The standard InChI is InChI=1S/C18H26N6/c1-14-15(2)20-13-21-18(14)24-9-7-23(8-10-24)12-16-5-6-17(19-11-16)22(3)4/h5-6,11,13H,7-10,12H2,1-4H3. The minimum Gasteiger partial charge on any atom is -0.363 e. The van der Waals surface area contributed by atoms with Gasteiger partial charge >= 0.3 is 0 Å². The summed E-state index contributed by atoms with van der Waals surface area (Å²) >= 11 is 0. The SMILES string of the molecule is Cc1ncnc(N2CCN(Cc3ccc(N(C)C)nc3)CC2)c1C. The van der Waals surface area contributed by atoms with Crippen molar-refractivity contribution in [1.29, 1.82) is 0 Å². The summed E-state index contributed by atoms with van der Waals surface area (Å²) in [4.78, 5) is 20.1. The fourth-order valence-electron chi connectivity index (χ4n) is 3.00. The lowest BCUT2D eigenvalue weighted by molar-refractivity contribution is 0.249. The van der Waals surface area contributed by atoms with E-state index in [1.807, 2.05) is 32.1 Å². The van der Waals surface area contributed by atoms with Gasteiger partial charge in [-0.05, 0) is 25.5 Å². The molecule has 1 saturated heterocycles. The zero-order valence-electron chi connectivity index (χ0n) is 15.0. The van der Waals surface area contributed by atoms with Gasteiger partial charge in [-0.2, -0.15) is 0 Å². The van der Waals surface area contributed by atoms with Crippen molar-refractivity contribution >= 4 is 11.6 Å². The third kappa shape index (κ3) is 3.64. The van der Waals surface area contributed by atoms with Crippen LogP contribution in [0.5, 0.6) is 0 Å². The Balaban J connectivity index is 1.58. The van der Waals surface area contributed by atoms with Gasteiger partial charge in [0.05, 0.1) is 0 Å². The molecule has 0 radical (unpaired) electrons. The van der Waals surface area contributed by atoms with E-state index in [4.69, 9.17) is 0 Å². The molecule has 0 N–H and O–H groups in total. The number of pyridine rings is 1. The van der Waals surface area contributed by atoms with E-state index in [2.05, 4.69) is 43.8 Å². The highest BCUT2D eigenvalue weighted by molar-refractivity contribution is 5.47. The molecular formula is C18H26N6. The summed E-state index contributed by atoms with van der Waals surface area (Å²) in [5.74, 6) is 2.08. The average Bonchev–Trinajstić information content (AvgIpc) is 2.59. The Labute approximate surface area is 144 Å². The van der Waals surface area contributed by atoms with Crippen LogP contribution in [-0.2, 0) is 6.54 Å². The van der Waals surface area contributed by atoms with Crippen LogP contribution in [0, 0.1) is 13.8 Å². The van der Waals surface area contributed by atoms with Gasteiger partial charge in [0.25, 0.3) is 0 Å². The van der Waals surface area contributed by atoms with Crippen LogP contribution < -0.4 is 9.80 Å². The topological polar surface area (TPSA) is 48.4 Å². The normalized spacial score (nSPS) is 15.6. The molecule has 0 saturated carbocycles. The quantitative estimate of drug-likeness (QED) is 0.855. The molecular weight excluding hydrogens is 300 g/mol. The number of aromatic nitrogens is 3. The Morgan fingerprint density at radius 1 is 1.00 bits per heavy atom. The number of rotatable bonds is 4. The minimum atomic E-state index is 0.955. The van der Waals surface area contributed by atoms with Crippen LogP contribution in [0.2, 0.25) is 0 Å². The van der Waals surface area contributed by atoms with E-state index in [-0.39, 0.29) is 0 Å². The number of hydrogen-bond donors (Lipinski definition) is 0. The molecule has 0 aromatic carbocycles. The summed E-state index contributed by atoms with van der Waals surface area (Å²) in [6.45, 7) is 9.18. The summed E-state index contributed by atoms with van der Waals surface area (Å²) < 4.78 is 0. The zero-order valence-corrected chi connectivity index (χ0v) is 15.0. The van der Waals surface area contributed by atoms with E-state index in [9.17, 15) is 0 Å². The van der Waals surface area contributed by atoms with Crippen molar-refractivity contribution < 1.29 is 0 Å². The van der Waals surface area contributed by atoms with Crippen LogP contribution in [0.15, 0.2) is 24.7 Å². The van der Waals surface area contributed by atoms with Crippen molar-refractivity contribution in [2.75, 3.05) is 50.1 Å². The lowest BCUT2D eigenvalue weighted by Gasteiger charge is -2.36. The Bertz CT molecular complexity index is 674. The maximum Gasteiger partial charge on any atom is 0.135 e. The summed E-state index contributed by atoms with van der Waals surface area (Å²) in [6.07, 6.45) is 3.65. The van der Waals surface area contributed by atoms with Crippen LogP contribution in [0.1, 0.15) is 16.8 Å². The number of nitrogens with zero attached hydrogens (tertiary/aromatic N) is 6. The summed E-state index contributed by atoms with van der Waals surface area (Å²) in [6, 6.07) is 4.26. The number of piperazine rings is 1. The Kier molecular flexibility index (Phi) is 4.94. The Morgan fingerprint density at radius 3 is 2.38 bits per heavy atom. The fraction of sp³-hybridized carbons (Fsp3) is 0.500. The first-order chi connectivity index (χ1) is 11.5. The van der Waals surface area contributed by atoms with Crippen molar-refractivity contribution in [2.45, 2.75) is 20.4 Å². The second-order valence-electron chi connectivity index (χ2n) is 6.59. The summed E-state index contributed by atoms with van der Waals surface area (Å²) in [7, 11) is 4.02. The molecule has 2 aromatic rings. The molecule has 2 aromatic heterocycles. The highest BCUT2D eigenvalue weighted by Crippen LogP contribution is 2.20. The lowest BCUT2D eigenvalue weighted by Crippen LogP contribution is -2.46. The lowest BCUT2D eigenvalue weighted by atomic mass is 10.2. The van der Waals surface area contributed by atoms with Crippen LogP contribution in [0.4, 0.5) is 11.6 Å². The number of hydrogen-bond acceptors (Lipinski definition) is 6. The molecule has 0 bridgehead atoms. The minimum absolute atomic E-state index is 0.955. The second-order valence-corrected chi connectivity index (χ2v) is 6.59. The Morgan fingerprint density at radius 2 is 1.75 bits per heavy atom. The van der Waals surface area contributed by atoms with Gasteiger partial charge in [0.15, 0.2) is 0 Å². The maximum atomic E-state index is 4.50. The average molecular weight is 326 g/mol. The van der Waals surface area contributed by atoms with Gasteiger partial charge in [-0.15, -0.1) is 0 Å². The van der Waals surface area contributed by atoms with E-state index in [0.29, 0.717) is 0 Å². The molecule has 0 aliphatic carbocycles. The fourth-order valence-corrected chi connectivity index (χ4v) is 3.00. The van der Waals surface area contributed by atoms with Gasteiger partial charge in [0.1, 0.15) is 18.0 Å². The molecule has 0 spiro atoms. The molecule has 3 rings (SSSR count). The summed E-state index contributed by atoms with van der Waals surface area (Å²) in [5.41, 5.74) is 3.52. The summed E-state index contributed by atoms with van der Waals surface area (Å²) in [5, 5.41) is 0. The second kappa shape index (κ2) is 7.13. The van der Waals surface area contributed by atoms with Crippen molar-refractivity contribution in [3.05, 3.63) is 41.5 Å². The Hall–Kier alpha value is -2.21. The molecule has 0 unspecified atom stereocenters. The van der Waals surface area contributed by atoms with Gasteiger partial charge in [0, 0.05) is 64.3 Å². The molecule has 1 aliphatic rings. The van der Waals surface area contributed by atoms with E-state index in [1.54, 1.807) is 6.33 Å². The molecule has 0 amide bonds. The third-order valence-corrected chi connectivity index (χ3v) is 4.65. The van der Waals surface area contributed by atoms with Crippen molar-refractivity contribution in [1.82, 2.24) is 19.9 Å². The van der Waals surface area contributed by atoms with Crippen LogP contribution >= 0.6 is 0 Å². The van der Waals surface area contributed by atoms with E-state index in [1.165, 1.54) is 11.1 Å². The molecule has 1 fully saturated rings. The largest absolute Gasteiger partial charge is 0.363 e. The highest BCUT2D eigenvalue weighted by Gasteiger charge is 2.20. The van der Waals surface area contributed by atoms with Gasteiger partial charge in [-0.1, -0.05) is 6.07 Å². The first kappa shape index (κ1) is 16.6. The van der Waals surface area contributed by atoms with Crippen molar-refractivity contribution in [3.8, 4) is 0 Å². The van der Waals surface area contributed by atoms with Gasteiger partial charge in [-0.3, -0.25) is 4.90 Å². The van der Waals surface area contributed by atoms with E-state index in [0.717, 1.165) is 50.1 Å². The molecule has 24 heavy (non-hydrogen) atoms. The van der Waals surface area contributed by atoms with Gasteiger partial charge in [-0.25, -0.2) is 15.0 Å².